The number of carboxylic acids is 1. The zero-order chi connectivity index (χ0) is 14.6. The number of carboxylic acid groups (broad SMARTS) is 1. The van der Waals surface area contributed by atoms with Crippen LogP contribution in [0.5, 0.6) is 0 Å². The molecular weight excluding hydrogens is 262 g/mol. The van der Waals surface area contributed by atoms with Gasteiger partial charge in [-0.15, -0.1) is 0 Å². The zero-order valence-electron chi connectivity index (χ0n) is 11.2. The fourth-order valence-electron chi connectivity index (χ4n) is 2.03. The van der Waals surface area contributed by atoms with Crippen LogP contribution < -0.4 is 10.6 Å². The first-order chi connectivity index (χ1) is 9.52. The number of rotatable bonds is 3. The fourth-order valence-corrected chi connectivity index (χ4v) is 2.03. The molecular formula is C13H17N3O4. The average molecular weight is 279 g/mol. The summed E-state index contributed by atoms with van der Waals surface area (Å²) in [6.45, 7) is 2.47. The molecule has 1 aliphatic rings. The fraction of sp³-hybridized carbons (Fsp3) is 0.462. The second kappa shape index (κ2) is 5.87. The second-order valence-electron chi connectivity index (χ2n) is 4.77. The van der Waals surface area contributed by atoms with Gasteiger partial charge in [-0.2, -0.15) is 0 Å². The number of hydrogen-bond donors (Lipinski definition) is 3. The van der Waals surface area contributed by atoms with E-state index >= 15 is 0 Å². The molecule has 108 valence electrons. The molecule has 1 saturated heterocycles. The number of aryl methyl sites for hydroxylation is 1. The summed E-state index contributed by atoms with van der Waals surface area (Å²) < 4.78 is 5.14. The lowest BCUT2D eigenvalue weighted by Gasteiger charge is -2.33. The van der Waals surface area contributed by atoms with Crippen molar-refractivity contribution in [2.45, 2.75) is 25.3 Å². The molecule has 2 heterocycles. The van der Waals surface area contributed by atoms with Crippen LogP contribution in [0.15, 0.2) is 18.3 Å². The van der Waals surface area contributed by atoms with Crippen LogP contribution >= 0.6 is 0 Å². The van der Waals surface area contributed by atoms with Crippen molar-refractivity contribution < 1.29 is 19.4 Å². The number of aromatic nitrogens is 1. The van der Waals surface area contributed by atoms with Crippen LogP contribution in [-0.2, 0) is 9.53 Å². The Labute approximate surface area is 116 Å². The van der Waals surface area contributed by atoms with Gasteiger partial charge in [0.15, 0.2) is 0 Å². The summed E-state index contributed by atoms with van der Waals surface area (Å²) in [6, 6.07) is 2.91. The number of anilines is 1. The van der Waals surface area contributed by atoms with Crippen LogP contribution in [0, 0.1) is 6.92 Å². The monoisotopic (exact) mass is 279 g/mol. The molecule has 0 unspecified atom stereocenters. The van der Waals surface area contributed by atoms with Crippen LogP contribution in [0.4, 0.5) is 10.5 Å². The molecule has 0 radical (unpaired) electrons. The summed E-state index contributed by atoms with van der Waals surface area (Å²) in [6.07, 6.45) is 2.02. The number of nitrogens with one attached hydrogen (secondary N) is 2. The highest BCUT2D eigenvalue weighted by Crippen LogP contribution is 2.21. The minimum absolute atomic E-state index is 0.252. The van der Waals surface area contributed by atoms with Gasteiger partial charge in [-0.3, -0.25) is 4.98 Å². The van der Waals surface area contributed by atoms with Gasteiger partial charge < -0.3 is 20.5 Å². The summed E-state index contributed by atoms with van der Waals surface area (Å²) in [5.41, 5.74) is 0.0867. The number of nitrogens with zero attached hydrogens (tertiary/aromatic N) is 1. The van der Waals surface area contributed by atoms with Crippen LogP contribution in [0.25, 0.3) is 0 Å². The van der Waals surface area contributed by atoms with Crippen molar-refractivity contribution in [1.82, 2.24) is 10.3 Å². The Bertz CT molecular complexity index is 495. The molecule has 0 bridgehead atoms. The molecule has 0 aromatic carbocycles. The largest absolute Gasteiger partial charge is 0.480 e. The minimum atomic E-state index is -1.26. The Morgan fingerprint density at radius 1 is 1.35 bits per heavy atom. The third-order valence-corrected chi connectivity index (χ3v) is 3.28. The summed E-state index contributed by atoms with van der Waals surface area (Å²) in [5.74, 6) is -1.04. The molecule has 1 aromatic heterocycles. The van der Waals surface area contributed by atoms with Gasteiger partial charge >= 0.3 is 12.0 Å². The third kappa shape index (κ3) is 3.24. The molecule has 1 aliphatic heterocycles. The molecule has 7 nitrogen and oxygen atoms in total. The number of amides is 2. The molecule has 0 spiro atoms. The highest BCUT2D eigenvalue weighted by Gasteiger charge is 2.41. The molecule has 1 fully saturated rings. The molecule has 0 atom stereocenters. The SMILES string of the molecule is Cc1ccc(NC(=O)NC2(C(=O)O)CCOCC2)cn1. The standard InChI is InChI=1S/C13H17N3O4/c1-9-2-3-10(8-14-9)15-12(19)16-13(11(17)18)4-6-20-7-5-13/h2-3,8H,4-7H2,1H3,(H,17,18)(H2,15,16,19). The van der Waals surface area contributed by atoms with E-state index in [1.165, 1.54) is 6.20 Å². The lowest BCUT2D eigenvalue weighted by molar-refractivity contribution is -0.148. The van der Waals surface area contributed by atoms with E-state index in [0.29, 0.717) is 18.9 Å². The van der Waals surface area contributed by atoms with E-state index < -0.39 is 17.5 Å². The van der Waals surface area contributed by atoms with Crippen molar-refractivity contribution in [2.24, 2.45) is 0 Å². The lowest BCUT2D eigenvalue weighted by atomic mass is 9.90. The normalized spacial score (nSPS) is 17.2. The predicted octanol–water partition coefficient (Wildman–Crippen LogP) is 1.15. The second-order valence-corrected chi connectivity index (χ2v) is 4.77. The third-order valence-electron chi connectivity index (χ3n) is 3.28. The van der Waals surface area contributed by atoms with Crippen molar-refractivity contribution in [3.05, 3.63) is 24.0 Å². The number of ether oxygens (including phenoxy) is 1. The van der Waals surface area contributed by atoms with E-state index in [4.69, 9.17) is 4.74 Å². The number of hydrogen-bond acceptors (Lipinski definition) is 4. The highest BCUT2D eigenvalue weighted by molar-refractivity contribution is 5.93. The van der Waals surface area contributed by atoms with Crippen LogP contribution in [0.3, 0.4) is 0 Å². The first-order valence-corrected chi connectivity index (χ1v) is 6.35. The summed E-state index contributed by atoms with van der Waals surface area (Å²) >= 11 is 0. The van der Waals surface area contributed by atoms with Gasteiger partial charge in [0, 0.05) is 31.7 Å². The van der Waals surface area contributed by atoms with E-state index in [1.54, 1.807) is 12.1 Å². The van der Waals surface area contributed by atoms with Crippen LogP contribution in [0.2, 0.25) is 0 Å². The van der Waals surface area contributed by atoms with E-state index in [1.807, 2.05) is 6.92 Å². The molecule has 1 aromatic rings. The summed E-state index contributed by atoms with van der Waals surface area (Å²) in [7, 11) is 0. The van der Waals surface area contributed by atoms with Gasteiger partial charge in [-0.1, -0.05) is 0 Å². The van der Waals surface area contributed by atoms with E-state index in [9.17, 15) is 14.7 Å². The Kier molecular flexibility index (Phi) is 4.19. The number of pyridine rings is 1. The van der Waals surface area contributed by atoms with Crippen LogP contribution in [-0.4, -0.2) is 40.8 Å². The molecule has 3 N–H and O–H groups in total. The van der Waals surface area contributed by atoms with Gasteiger partial charge in [0.2, 0.25) is 0 Å². The molecule has 2 rings (SSSR count). The molecule has 20 heavy (non-hydrogen) atoms. The number of carbonyl (C=O) groups excluding carboxylic acids is 1. The quantitative estimate of drug-likeness (QED) is 0.770. The summed E-state index contributed by atoms with van der Waals surface area (Å²) in [5, 5.41) is 14.4. The van der Waals surface area contributed by atoms with Crippen molar-refractivity contribution in [3.8, 4) is 0 Å². The Hall–Kier alpha value is -2.15. The van der Waals surface area contributed by atoms with Crippen molar-refractivity contribution in [1.29, 1.82) is 0 Å². The van der Waals surface area contributed by atoms with E-state index in [0.717, 1.165) is 5.69 Å². The van der Waals surface area contributed by atoms with Gasteiger partial charge in [-0.05, 0) is 19.1 Å². The maximum Gasteiger partial charge on any atom is 0.329 e. The smallest absolute Gasteiger partial charge is 0.329 e. The van der Waals surface area contributed by atoms with Gasteiger partial charge in [0.1, 0.15) is 5.54 Å². The average Bonchev–Trinajstić information content (AvgIpc) is 2.42. The Morgan fingerprint density at radius 3 is 2.60 bits per heavy atom. The lowest BCUT2D eigenvalue weighted by Crippen LogP contribution is -2.58. The summed E-state index contributed by atoms with van der Waals surface area (Å²) in [4.78, 5) is 27.4. The zero-order valence-corrected chi connectivity index (χ0v) is 11.2. The van der Waals surface area contributed by atoms with Gasteiger partial charge in [0.05, 0.1) is 11.9 Å². The Morgan fingerprint density at radius 2 is 2.05 bits per heavy atom. The first kappa shape index (κ1) is 14.3. The molecule has 0 aliphatic carbocycles. The predicted molar refractivity (Wildman–Crippen MR) is 71.5 cm³/mol. The maximum absolute atomic E-state index is 11.9. The number of carbonyl (C=O) groups is 2. The first-order valence-electron chi connectivity index (χ1n) is 6.35. The topological polar surface area (TPSA) is 101 Å². The minimum Gasteiger partial charge on any atom is -0.480 e. The maximum atomic E-state index is 11.9. The molecule has 0 saturated carbocycles. The van der Waals surface area contributed by atoms with Crippen LogP contribution in [0.1, 0.15) is 18.5 Å². The van der Waals surface area contributed by atoms with Gasteiger partial charge in [0.25, 0.3) is 0 Å². The van der Waals surface area contributed by atoms with Gasteiger partial charge in [-0.25, -0.2) is 9.59 Å². The van der Waals surface area contributed by atoms with Crippen molar-refractivity contribution in [3.63, 3.8) is 0 Å². The number of urea groups is 1. The molecule has 2 amide bonds. The van der Waals surface area contributed by atoms with Crippen molar-refractivity contribution in [2.75, 3.05) is 18.5 Å². The highest BCUT2D eigenvalue weighted by atomic mass is 16.5. The number of aliphatic carboxylic acids is 1. The Balaban J connectivity index is 2.01. The van der Waals surface area contributed by atoms with Crippen molar-refractivity contribution >= 4 is 17.7 Å². The van der Waals surface area contributed by atoms with E-state index in [-0.39, 0.29) is 12.8 Å². The van der Waals surface area contributed by atoms with E-state index in [2.05, 4.69) is 15.6 Å². The molecule has 7 heteroatoms.